The first-order valence-corrected chi connectivity index (χ1v) is 7.49. The molecular formula is C11H15F3O4S. The van der Waals surface area contributed by atoms with Crippen molar-refractivity contribution in [1.29, 1.82) is 0 Å². The van der Waals surface area contributed by atoms with Gasteiger partial charge < -0.3 is 8.92 Å². The zero-order valence-electron chi connectivity index (χ0n) is 10.2. The molecule has 2 aliphatic rings. The SMILES string of the molecule is O=S(=O)(OC1=CCC2(CCCCO2)CC1)C(F)(F)F. The molecule has 0 saturated carbocycles. The first-order chi connectivity index (χ1) is 8.74. The lowest BCUT2D eigenvalue weighted by Crippen LogP contribution is -2.38. The van der Waals surface area contributed by atoms with E-state index >= 15 is 0 Å². The highest BCUT2D eigenvalue weighted by atomic mass is 32.2. The van der Waals surface area contributed by atoms with Crippen molar-refractivity contribution >= 4 is 10.1 Å². The Morgan fingerprint density at radius 3 is 2.47 bits per heavy atom. The molecule has 1 unspecified atom stereocenters. The fourth-order valence-electron chi connectivity index (χ4n) is 2.39. The van der Waals surface area contributed by atoms with E-state index in [1.54, 1.807) is 0 Å². The van der Waals surface area contributed by atoms with Gasteiger partial charge in [-0.1, -0.05) is 0 Å². The maximum atomic E-state index is 12.2. The van der Waals surface area contributed by atoms with Crippen molar-refractivity contribution in [3.63, 3.8) is 0 Å². The van der Waals surface area contributed by atoms with Crippen molar-refractivity contribution in [2.45, 2.75) is 49.6 Å². The van der Waals surface area contributed by atoms with Gasteiger partial charge in [-0.25, -0.2) is 0 Å². The summed E-state index contributed by atoms with van der Waals surface area (Å²) in [6.07, 6.45) is 5.29. The third kappa shape index (κ3) is 3.22. The molecule has 1 atom stereocenters. The van der Waals surface area contributed by atoms with Crippen LogP contribution in [0.25, 0.3) is 0 Å². The maximum absolute atomic E-state index is 12.2. The van der Waals surface area contributed by atoms with Gasteiger partial charge in [0.2, 0.25) is 0 Å². The molecule has 110 valence electrons. The topological polar surface area (TPSA) is 52.6 Å². The monoisotopic (exact) mass is 300 g/mol. The second-order valence-corrected chi connectivity index (χ2v) is 6.38. The summed E-state index contributed by atoms with van der Waals surface area (Å²) in [6.45, 7) is 0.644. The third-order valence-corrected chi connectivity index (χ3v) is 4.46. The second-order valence-electron chi connectivity index (χ2n) is 4.85. The standard InChI is InChI=1S/C11H15F3O4S/c12-11(13,14)19(15,16)18-9-3-6-10(7-4-9)5-1-2-8-17-10/h3H,1-2,4-8H2. The molecular weight excluding hydrogens is 285 g/mol. The number of allylic oxidation sites excluding steroid dienone is 1. The highest BCUT2D eigenvalue weighted by Gasteiger charge is 2.49. The van der Waals surface area contributed by atoms with Gasteiger partial charge in [0.1, 0.15) is 5.76 Å². The Balaban J connectivity index is 2.02. The molecule has 1 fully saturated rings. The van der Waals surface area contributed by atoms with Crippen LogP contribution in [-0.2, 0) is 19.0 Å². The van der Waals surface area contributed by atoms with E-state index in [9.17, 15) is 21.6 Å². The summed E-state index contributed by atoms with van der Waals surface area (Å²) in [6, 6.07) is 0. The van der Waals surface area contributed by atoms with Crippen molar-refractivity contribution < 1.29 is 30.5 Å². The number of alkyl halides is 3. The van der Waals surface area contributed by atoms with Gasteiger partial charge in [0, 0.05) is 13.0 Å². The molecule has 1 aliphatic heterocycles. The van der Waals surface area contributed by atoms with Crippen LogP contribution < -0.4 is 0 Å². The van der Waals surface area contributed by atoms with Gasteiger partial charge in [-0.15, -0.1) is 0 Å². The van der Waals surface area contributed by atoms with E-state index in [4.69, 9.17) is 4.74 Å². The molecule has 1 saturated heterocycles. The minimum absolute atomic E-state index is 0.142. The molecule has 0 aromatic carbocycles. The second kappa shape index (κ2) is 4.97. The van der Waals surface area contributed by atoms with Gasteiger partial charge in [0.25, 0.3) is 0 Å². The first-order valence-electron chi connectivity index (χ1n) is 6.08. The number of hydrogen-bond acceptors (Lipinski definition) is 4. The summed E-state index contributed by atoms with van der Waals surface area (Å²) in [7, 11) is -5.55. The molecule has 1 aliphatic carbocycles. The smallest absolute Gasteiger partial charge is 0.381 e. The van der Waals surface area contributed by atoms with E-state index in [2.05, 4.69) is 4.18 Å². The lowest BCUT2D eigenvalue weighted by molar-refractivity contribution is -0.0864. The normalized spacial score (nSPS) is 29.1. The Bertz CT molecular complexity index is 461. The van der Waals surface area contributed by atoms with E-state index in [-0.39, 0.29) is 17.8 Å². The molecule has 1 heterocycles. The first kappa shape index (κ1) is 14.6. The Morgan fingerprint density at radius 1 is 1.26 bits per heavy atom. The lowest BCUT2D eigenvalue weighted by Gasteiger charge is -2.39. The van der Waals surface area contributed by atoms with Gasteiger partial charge in [-0.2, -0.15) is 21.6 Å². The van der Waals surface area contributed by atoms with Crippen molar-refractivity contribution in [3.05, 3.63) is 11.8 Å². The molecule has 0 bridgehead atoms. The summed E-state index contributed by atoms with van der Waals surface area (Å²) in [4.78, 5) is 0. The molecule has 1 spiro atoms. The summed E-state index contributed by atoms with van der Waals surface area (Å²) in [5.41, 5.74) is -5.72. The highest BCUT2D eigenvalue weighted by Crippen LogP contribution is 2.39. The van der Waals surface area contributed by atoms with Crippen LogP contribution in [0.5, 0.6) is 0 Å². The molecule has 2 rings (SSSR count). The molecule has 4 nitrogen and oxygen atoms in total. The fraction of sp³-hybridized carbons (Fsp3) is 0.818. The number of hydrogen-bond donors (Lipinski definition) is 0. The van der Waals surface area contributed by atoms with Gasteiger partial charge in [-0.3, -0.25) is 0 Å². The van der Waals surface area contributed by atoms with Crippen LogP contribution in [0.4, 0.5) is 13.2 Å². The number of rotatable bonds is 2. The molecule has 19 heavy (non-hydrogen) atoms. The summed E-state index contributed by atoms with van der Waals surface area (Å²) >= 11 is 0. The minimum Gasteiger partial charge on any atom is -0.381 e. The van der Waals surface area contributed by atoms with Crippen LogP contribution in [0.15, 0.2) is 11.8 Å². The maximum Gasteiger partial charge on any atom is 0.534 e. The molecule has 0 N–H and O–H groups in total. The molecule has 0 aromatic heterocycles. The van der Waals surface area contributed by atoms with Crippen LogP contribution in [-0.4, -0.2) is 26.1 Å². The average molecular weight is 300 g/mol. The van der Waals surface area contributed by atoms with Crippen LogP contribution in [0, 0.1) is 0 Å². The Morgan fingerprint density at radius 2 is 2.00 bits per heavy atom. The fourth-order valence-corrected chi connectivity index (χ4v) is 2.91. The Kier molecular flexibility index (Phi) is 3.83. The van der Waals surface area contributed by atoms with E-state index in [1.807, 2.05) is 0 Å². The van der Waals surface area contributed by atoms with Crippen LogP contribution in [0.1, 0.15) is 38.5 Å². The Labute approximate surface area is 109 Å². The largest absolute Gasteiger partial charge is 0.534 e. The molecule has 0 radical (unpaired) electrons. The number of halogens is 3. The number of ether oxygens (including phenoxy) is 1. The Hall–Kier alpha value is -0.760. The van der Waals surface area contributed by atoms with E-state index in [1.165, 1.54) is 6.08 Å². The average Bonchev–Trinajstić information content (AvgIpc) is 2.32. The zero-order chi connectivity index (χ0) is 14.1. The summed E-state index contributed by atoms with van der Waals surface area (Å²) in [5.74, 6) is -0.142. The van der Waals surface area contributed by atoms with E-state index in [0.29, 0.717) is 19.4 Å². The quantitative estimate of drug-likeness (QED) is 0.581. The summed E-state index contributed by atoms with van der Waals surface area (Å²) < 4.78 is 68.1. The third-order valence-electron chi connectivity index (χ3n) is 3.46. The van der Waals surface area contributed by atoms with E-state index < -0.39 is 15.6 Å². The van der Waals surface area contributed by atoms with Crippen LogP contribution in [0.3, 0.4) is 0 Å². The van der Waals surface area contributed by atoms with E-state index in [0.717, 1.165) is 19.3 Å². The van der Waals surface area contributed by atoms with Gasteiger partial charge in [-0.05, 0) is 38.2 Å². The zero-order valence-corrected chi connectivity index (χ0v) is 11.0. The molecule has 0 amide bonds. The minimum atomic E-state index is -5.55. The molecule has 0 aromatic rings. The van der Waals surface area contributed by atoms with Crippen molar-refractivity contribution in [2.24, 2.45) is 0 Å². The van der Waals surface area contributed by atoms with Gasteiger partial charge in [0.05, 0.1) is 5.60 Å². The van der Waals surface area contributed by atoms with Crippen molar-refractivity contribution in [1.82, 2.24) is 0 Å². The predicted molar refractivity (Wildman–Crippen MR) is 60.5 cm³/mol. The van der Waals surface area contributed by atoms with Crippen LogP contribution in [0.2, 0.25) is 0 Å². The van der Waals surface area contributed by atoms with Crippen molar-refractivity contribution in [2.75, 3.05) is 6.61 Å². The van der Waals surface area contributed by atoms with Crippen LogP contribution >= 0.6 is 0 Å². The van der Waals surface area contributed by atoms with Crippen molar-refractivity contribution in [3.8, 4) is 0 Å². The van der Waals surface area contributed by atoms with Gasteiger partial charge >= 0.3 is 15.6 Å². The lowest BCUT2D eigenvalue weighted by atomic mass is 9.82. The highest BCUT2D eigenvalue weighted by molar-refractivity contribution is 7.87. The predicted octanol–water partition coefficient (Wildman–Crippen LogP) is 2.86. The summed E-state index contributed by atoms with van der Waals surface area (Å²) in [5, 5.41) is 0. The van der Waals surface area contributed by atoms with Gasteiger partial charge in [0.15, 0.2) is 0 Å². The molecule has 8 heteroatoms.